The lowest BCUT2D eigenvalue weighted by Gasteiger charge is -2.12. The largest absolute Gasteiger partial charge is 0.482 e. The summed E-state index contributed by atoms with van der Waals surface area (Å²) in [7, 11) is 0. The van der Waals surface area contributed by atoms with E-state index in [0.717, 1.165) is 0 Å². The van der Waals surface area contributed by atoms with Crippen LogP contribution in [0.25, 0.3) is 0 Å². The molecule has 1 saturated heterocycles. The number of carboxylic acids is 1. The normalized spacial score (nSPS) is 21.4. The number of aliphatic carboxylic acids is 1. The maximum atomic E-state index is 11.9. The first-order valence-corrected chi connectivity index (χ1v) is 6.21. The van der Waals surface area contributed by atoms with Gasteiger partial charge in [0.1, 0.15) is 5.75 Å². The SMILES string of the molecule is O=C(O)COc1cccc(NC(=O)C2CC(O)CN2)c1. The molecule has 1 heterocycles. The van der Waals surface area contributed by atoms with Crippen molar-refractivity contribution in [3.8, 4) is 5.75 Å². The van der Waals surface area contributed by atoms with Crippen LogP contribution < -0.4 is 15.4 Å². The first-order chi connectivity index (χ1) is 9.54. The third-order valence-electron chi connectivity index (χ3n) is 2.89. The Balaban J connectivity index is 1.93. The van der Waals surface area contributed by atoms with Crippen molar-refractivity contribution in [1.29, 1.82) is 0 Å². The maximum Gasteiger partial charge on any atom is 0.341 e. The fourth-order valence-corrected chi connectivity index (χ4v) is 1.95. The van der Waals surface area contributed by atoms with Crippen LogP contribution in [-0.2, 0) is 9.59 Å². The fraction of sp³-hybridized carbons (Fsp3) is 0.385. The molecule has 1 aliphatic heterocycles. The molecule has 7 nitrogen and oxygen atoms in total. The summed E-state index contributed by atoms with van der Waals surface area (Å²) < 4.78 is 5.03. The summed E-state index contributed by atoms with van der Waals surface area (Å²) in [4.78, 5) is 22.3. The highest BCUT2D eigenvalue weighted by molar-refractivity contribution is 5.95. The second-order valence-corrected chi connectivity index (χ2v) is 4.55. The lowest BCUT2D eigenvalue weighted by atomic mass is 10.2. The summed E-state index contributed by atoms with van der Waals surface area (Å²) in [6, 6.07) is 6.07. The van der Waals surface area contributed by atoms with Crippen LogP contribution in [-0.4, -0.2) is 47.4 Å². The smallest absolute Gasteiger partial charge is 0.341 e. The van der Waals surface area contributed by atoms with E-state index >= 15 is 0 Å². The molecule has 1 aromatic carbocycles. The minimum Gasteiger partial charge on any atom is -0.482 e. The molecular formula is C13H16N2O5. The van der Waals surface area contributed by atoms with Crippen molar-refractivity contribution in [3.05, 3.63) is 24.3 Å². The number of β-amino-alcohol motifs (C(OH)–C–C–N with tert-alkyl or cyclic N) is 1. The molecular weight excluding hydrogens is 264 g/mol. The minimum absolute atomic E-state index is 0.239. The number of aliphatic hydroxyl groups excluding tert-OH is 1. The number of nitrogens with one attached hydrogen (secondary N) is 2. The van der Waals surface area contributed by atoms with Crippen molar-refractivity contribution >= 4 is 17.6 Å². The Morgan fingerprint density at radius 1 is 1.45 bits per heavy atom. The van der Waals surface area contributed by atoms with Crippen molar-refractivity contribution in [1.82, 2.24) is 5.32 Å². The quantitative estimate of drug-likeness (QED) is 0.595. The molecule has 0 aromatic heterocycles. The second-order valence-electron chi connectivity index (χ2n) is 4.55. The van der Waals surface area contributed by atoms with Gasteiger partial charge in [0.25, 0.3) is 0 Å². The molecule has 7 heteroatoms. The monoisotopic (exact) mass is 280 g/mol. The number of amides is 1. The van der Waals surface area contributed by atoms with E-state index in [-0.39, 0.29) is 5.91 Å². The van der Waals surface area contributed by atoms with Gasteiger partial charge in [-0.3, -0.25) is 4.79 Å². The van der Waals surface area contributed by atoms with Crippen molar-refractivity contribution in [2.24, 2.45) is 0 Å². The lowest BCUT2D eigenvalue weighted by Crippen LogP contribution is -2.35. The highest BCUT2D eigenvalue weighted by Crippen LogP contribution is 2.18. The van der Waals surface area contributed by atoms with E-state index in [2.05, 4.69) is 10.6 Å². The highest BCUT2D eigenvalue weighted by atomic mass is 16.5. The fourth-order valence-electron chi connectivity index (χ4n) is 1.95. The Morgan fingerprint density at radius 3 is 2.90 bits per heavy atom. The van der Waals surface area contributed by atoms with Gasteiger partial charge >= 0.3 is 5.97 Å². The van der Waals surface area contributed by atoms with Crippen LogP contribution in [0.4, 0.5) is 5.69 Å². The summed E-state index contributed by atoms with van der Waals surface area (Å²) in [6.07, 6.45) is -0.128. The molecule has 0 spiro atoms. The van der Waals surface area contributed by atoms with E-state index < -0.39 is 24.7 Å². The molecule has 2 atom stereocenters. The summed E-state index contributed by atoms with van der Waals surface area (Å²) in [5, 5.41) is 23.5. The van der Waals surface area contributed by atoms with Gasteiger partial charge in [0, 0.05) is 18.3 Å². The number of carboxylic acid groups (broad SMARTS) is 1. The number of hydrogen-bond acceptors (Lipinski definition) is 5. The number of benzene rings is 1. The van der Waals surface area contributed by atoms with Crippen molar-refractivity contribution in [2.45, 2.75) is 18.6 Å². The molecule has 2 unspecified atom stereocenters. The number of rotatable bonds is 5. The van der Waals surface area contributed by atoms with Crippen LogP contribution in [0.5, 0.6) is 5.75 Å². The van der Waals surface area contributed by atoms with Gasteiger partial charge in [-0.05, 0) is 18.6 Å². The summed E-state index contributed by atoms with van der Waals surface area (Å²) >= 11 is 0. The molecule has 2 rings (SSSR count). The first kappa shape index (κ1) is 14.3. The zero-order valence-corrected chi connectivity index (χ0v) is 10.7. The Bertz CT molecular complexity index is 505. The van der Waals surface area contributed by atoms with E-state index in [1.54, 1.807) is 24.3 Å². The van der Waals surface area contributed by atoms with Crippen LogP contribution >= 0.6 is 0 Å². The molecule has 1 amide bonds. The Kier molecular flexibility index (Phi) is 4.54. The maximum absolute atomic E-state index is 11.9. The van der Waals surface area contributed by atoms with Gasteiger partial charge in [-0.1, -0.05) is 6.07 Å². The van der Waals surface area contributed by atoms with Crippen molar-refractivity contribution in [3.63, 3.8) is 0 Å². The van der Waals surface area contributed by atoms with E-state index in [9.17, 15) is 14.7 Å². The Labute approximate surface area is 115 Å². The highest BCUT2D eigenvalue weighted by Gasteiger charge is 2.27. The van der Waals surface area contributed by atoms with E-state index in [1.807, 2.05) is 0 Å². The third kappa shape index (κ3) is 3.94. The molecule has 0 aliphatic carbocycles. The Hall–Kier alpha value is -2.12. The van der Waals surface area contributed by atoms with Gasteiger partial charge in [-0.15, -0.1) is 0 Å². The van der Waals surface area contributed by atoms with Gasteiger partial charge in [0.2, 0.25) is 5.91 Å². The molecule has 0 saturated carbocycles. The second kappa shape index (κ2) is 6.36. The number of hydrogen-bond donors (Lipinski definition) is 4. The van der Waals surface area contributed by atoms with Crippen LogP contribution in [0.15, 0.2) is 24.3 Å². The standard InChI is InChI=1S/C13H16N2O5/c16-9-5-11(14-6-9)13(19)15-8-2-1-3-10(4-8)20-7-12(17)18/h1-4,9,11,14,16H,5-7H2,(H,15,19)(H,17,18). The summed E-state index contributed by atoms with van der Waals surface area (Å²) in [5.74, 6) is -0.940. The topological polar surface area (TPSA) is 108 Å². The molecule has 1 fully saturated rings. The Morgan fingerprint density at radius 2 is 2.25 bits per heavy atom. The average Bonchev–Trinajstić information content (AvgIpc) is 2.84. The van der Waals surface area contributed by atoms with Gasteiger partial charge in [0.05, 0.1) is 12.1 Å². The average molecular weight is 280 g/mol. The van der Waals surface area contributed by atoms with Crippen LogP contribution in [0.2, 0.25) is 0 Å². The molecule has 1 aliphatic rings. The number of carbonyl (C=O) groups excluding carboxylic acids is 1. The van der Waals surface area contributed by atoms with Gasteiger partial charge < -0.3 is 25.6 Å². The van der Waals surface area contributed by atoms with Gasteiger partial charge in [-0.25, -0.2) is 4.79 Å². The van der Waals surface area contributed by atoms with E-state index in [1.165, 1.54) is 0 Å². The zero-order valence-electron chi connectivity index (χ0n) is 10.7. The first-order valence-electron chi connectivity index (χ1n) is 6.21. The lowest BCUT2D eigenvalue weighted by molar-refractivity contribution is -0.139. The number of anilines is 1. The summed E-state index contributed by atoms with van der Waals surface area (Å²) in [6.45, 7) is -0.0341. The van der Waals surface area contributed by atoms with Crippen LogP contribution in [0.3, 0.4) is 0 Å². The van der Waals surface area contributed by atoms with Crippen LogP contribution in [0.1, 0.15) is 6.42 Å². The van der Waals surface area contributed by atoms with Gasteiger partial charge in [0.15, 0.2) is 6.61 Å². The molecule has 20 heavy (non-hydrogen) atoms. The third-order valence-corrected chi connectivity index (χ3v) is 2.89. The van der Waals surface area contributed by atoms with Crippen LogP contribution in [0, 0.1) is 0 Å². The molecule has 4 N–H and O–H groups in total. The van der Waals surface area contributed by atoms with Crippen molar-refractivity contribution < 1.29 is 24.5 Å². The molecule has 108 valence electrons. The predicted molar refractivity (Wildman–Crippen MR) is 70.6 cm³/mol. The van der Waals surface area contributed by atoms with E-state index in [4.69, 9.17) is 9.84 Å². The molecule has 0 bridgehead atoms. The number of aliphatic hydroxyl groups is 1. The number of ether oxygens (including phenoxy) is 1. The van der Waals surface area contributed by atoms with Gasteiger partial charge in [-0.2, -0.15) is 0 Å². The molecule has 1 aromatic rings. The number of carbonyl (C=O) groups is 2. The molecule has 0 radical (unpaired) electrons. The van der Waals surface area contributed by atoms with Crippen molar-refractivity contribution in [2.75, 3.05) is 18.5 Å². The van der Waals surface area contributed by atoms with E-state index in [0.29, 0.717) is 24.4 Å². The minimum atomic E-state index is -1.07. The summed E-state index contributed by atoms with van der Waals surface area (Å²) in [5.41, 5.74) is 0.515. The zero-order chi connectivity index (χ0) is 14.5. The predicted octanol–water partition coefficient (Wildman–Crippen LogP) is -0.189.